The zero-order chi connectivity index (χ0) is 14.3. The maximum atomic E-state index is 11.5. The summed E-state index contributed by atoms with van der Waals surface area (Å²) in [5.74, 6) is 1.93. The van der Waals surface area contributed by atoms with Crippen molar-refractivity contribution >= 4 is 34.8 Å². The van der Waals surface area contributed by atoms with Crippen molar-refractivity contribution in [1.29, 1.82) is 0 Å². The molecule has 0 aliphatic heterocycles. The molecule has 0 atom stereocenters. The number of halogens is 1. The molecule has 0 heterocycles. The molecule has 1 aromatic carbocycles. The zero-order valence-electron chi connectivity index (χ0n) is 10.4. The highest BCUT2D eigenvalue weighted by molar-refractivity contribution is 6.34. The number of benzene rings is 1. The van der Waals surface area contributed by atoms with Crippen LogP contribution in [-0.2, 0) is 9.59 Å². The van der Waals surface area contributed by atoms with Crippen LogP contribution in [0.1, 0.15) is 6.92 Å². The van der Waals surface area contributed by atoms with Gasteiger partial charge in [0.05, 0.1) is 23.8 Å². The fourth-order valence-electron chi connectivity index (χ4n) is 1.34. The molecule has 0 aliphatic carbocycles. The molecule has 0 fully saturated rings. The Bertz CT molecular complexity index is 523. The molecule has 0 saturated carbocycles. The number of rotatable bonds is 5. The number of nitrogens with one attached hydrogen (secondary N) is 3. The van der Waals surface area contributed by atoms with E-state index in [1.807, 2.05) is 0 Å². The molecule has 0 saturated heterocycles. The molecule has 1 rings (SSSR count). The van der Waals surface area contributed by atoms with Crippen LogP contribution in [0.25, 0.3) is 0 Å². The molecule has 6 heteroatoms. The van der Waals surface area contributed by atoms with Gasteiger partial charge in [-0.3, -0.25) is 14.9 Å². The third-order valence-corrected chi connectivity index (χ3v) is 2.39. The fraction of sp³-hybridized carbons (Fsp3) is 0.231. The smallest absolute Gasteiger partial charge is 0.238 e. The normalized spacial score (nSPS) is 9.53. The molecule has 0 bridgehead atoms. The van der Waals surface area contributed by atoms with Crippen LogP contribution in [0.2, 0.25) is 5.02 Å². The van der Waals surface area contributed by atoms with Crippen LogP contribution >= 0.6 is 11.6 Å². The van der Waals surface area contributed by atoms with Crippen molar-refractivity contribution in [3.05, 3.63) is 23.2 Å². The Hall–Kier alpha value is -2.03. The molecule has 0 aromatic heterocycles. The van der Waals surface area contributed by atoms with Gasteiger partial charge in [0.25, 0.3) is 0 Å². The molecule has 1 aromatic rings. The summed E-state index contributed by atoms with van der Waals surface area (Å²) in [4.78, 5) is 22.4. The van der Waals surface area contributed by atoms with Crippen molar-refractivity contribution in [3.63, 3.8) is 0 Å². The summed E-state index contributed by atoms with van der Waals surface area (Å²) in [5, 5.41) is 8.35. The molecule has 0 spiro atoms. The van der Waals surface area contributed by atoms with Gasteiger partial charge >= 0.3 is 0 Å². The minimum absolute atomic E-state index is 0.120. The summed E-state index contributed by atoms with van der Waals surface area (Å²) in [6.07, 6.45) is 5.05. The average Bonchev–Trinajstić information content (AvgIpc) is 2.32. The quantitative estimate of drug-likeness (QED) is 0.564. The Labute approximate surface area is 116 Å². The van der Waals surface area contributed by atoms with Gasteiger partial charge in [-0.05, 0) is 18.2 Å². The van der Waals surface area contributed by atoms with Crippen LogP contribution < -0.4 is 16.0 Å². The first kappa shape index (κ1) is 15.0. The van der Waals surface area contributed by atoms with Crippen LogP contribution in [0.15, 0.2) is 18.2 Å². The lowest BCUT2D eigenvalue weighted by Crippen LogP contribution is -2.28. The topological polar surface area (TPSA) is 70.2 Å². The SMILES string of the molecule is C#CCNCC(=O)Nc1ccc(NC(C)=O)c(Cl)c1. The van der Waals surface area contributed by atoms with Crippen LogP contribution in [0.3, 0.4) is 0 Å². The molecule has 0 aliphatic rings. The van der Waals surface area contributed by atoms with Crippen LogP contribution in [0, 0.1) is 12.3 Å². The van der Waals surface area contributed by atoms with Crippen molar-refractivity contribution in [2.45, 2.75) is 6.92 Å². The van der Waals surface area contributed by atoms with E-state index in [4.69, 9.17) is 18.0 Å². The number of amides is 2. The summed E-state index contributed by atoms with van der Waals surface area (Å²) in [5.41, 5.74) is 1.05. The van der Waals surface area contributed by atoms with Crippen LogP contribution in [0.5, 0.6) is 0 Å². The molecule has 3 N–H and O–H groups in total. The zero-order valence-corrected chi connectivity index (χ0v) is 11.2. The number of hydrogen-bond acceptors (Lipinski definition) is 3. The van der Waals surface area contributed by atoms with Gasteiger partial charge in [0.15, 0.2) is 0 Å². The molecule has 5 nitrogen and oxygen atoms in total. The predicted octanol–water partition coefficient (Wildman–Crippen LogP) is 1.46. The lowest BCUT2D eigenvalue weighted by Gasteiger charge is -2.09. The van der Waals surface area contributed by atoms with E-state index >= 15 is 0 Å². The Morgan fingerprint density at radius 2 is 2.11 bits per heavy atom. The minimum atomic E-state index is -0.224. The maximum absolute atomic E-state index is 11.5. The standard InChI is InChI=1S/C13H14ClN3O2/c1-3-6-15-8-13(19)17-10-4-5-12(11(14)7-10)16-9(2)18/h1,4-5,7,15H,6,8H2,2H3,(H,16,18)(H,17,19). The van der Waals surface area contributed by atoms with Gasteiger partial charge in [-0.2, -0.15) is 0 Å². The van der Waals surface area contributed by atoms with E-state index in [1.54, 1.807) is 18.2 Å². The van der Waals surface area contributed by atoms with E-state index in [1.165, 1.54) is 6.92 Å². The number of hydrogen-bond donors (Lipinski definition) is 3. The van der Waals surface area contributed by atoms with E-state index < -0.39 is 0 Å². The van der Waals surface area contributed by atoms with Crippen molar-refractivity contribution in [1.82, 2.24) is 5.32 Å². The minimum Gasteiger partial charge on any atom is -0.325 e. The van der Waals surface area contributed by atoms with Gasteiger partial charge in [0.1, 0.15) is 0 Å². The highest BCUT2D eigenvalue weighted by Gasteiger charge is 2.06. The summed E-state index contributed by atoms with van der Waals surface area (Å²) >= 11 is 5.98. The third-order valence-electron chi connectivity index (χ3n) is 2.08. The number of carbonyl (C=O) groups is 2. The molecular formula is C13H14ClN3O2. The predicted molar refractivity (Wildman–Crippen MR) is 76.1 cm³/mol. The highest BCUT2D eigenvalue weighted by atomic mass is 35.5. The van der Waals surface area contributed by atoms with Crippen molar-refractivity contribution in [2.75, 3.05) is 23.7 Å². The van der Waals surface area contributed by atoms with Gasteiger partial charge in [-0.1, -0.05) is 17.5 Å². The Kier molecular flexibility index (Phi) is 5.86. The van der Waals surface area contributed by atoms with Crippen molar-refractivity contribution < 1.29 is 9.59 Å². The third kappa shape index (κ3) is 5.42. The molecule has 0 unspecified atom stereocenters. The summed E-state index contributed by atoms with van der Waals surface area (Å²) in [6, 6.07) is 4.83. The molecule has 100 valence electrons. The lowest BCUT2D eigenvalue weighted by atomic mass is 10.2. The van der Waals surface area contributed by atoms with Gasteiger partial charge in [0.2, 0.25) is 11.8 Å². The van der Waals surface area contributed by atoms with Gasteiger partial charge in [0, 0.05) is 12.6 Å². The van der Waals surface area contributed by atoms with E-state index in [0.29, 0.717) is 22.9 Å². The second kappa shape index (κ2) is 7.41. The first-order valence-corrected chi connectivity index (χ1v) is 5.92. The Morgan fingerprint density at radius 1 is 1.37 bits per heavy atom. The Morgan fingerprint density at radius 3 is 2.68 bits per heavy atom. The van der Waals surface area contributed by atoms with E-state index in [2.05, 4.69) is 21.9 Å². The largest absolute Gasteiger partial charge is 0.325 e. The summed E-state index contributed by atoms with van der Waals surface area (Å²) < 4.78 is 0. The molecule has 19 heavy (non-hydrogen) atoms. The van der Waals surface area contributed by atoms with Gasteiger partial charge < -0.3 is 10.6 Å². The first-order chi connectivity index (χ1) is 9.02. The second-order valence-electron chi connectivity index (χ2n) is 3.73. The average molecular weight is 280 g/mol. The number of terminal acetylenes is 1. The monoisotopic (exact) mass is 279 g/mol. The first-order valence-electron chi connectivity index (χ1n) is 5.54. The Balaban J connectivity index is 2.61. The van der Waals surface area contributed by atoms with Crippen LogP contribution in [-0.4, -0.2) is 24.9 Å². The summed E-state index contributed by atoms with van der Waals surface area (Å²) in [7, 11) is 0. The maximum Gasteiger partial charge on any atom is 0.238 e. The molecular weight excluding hydrogens is 266 g/mol. The summed E-state index contributed by atoms with van der Waals surface area (Å²) in [6.45, 7) is 1.84. The number of carbonyl (C=O) groups excluding carboxylic acids is 2. The van der Waals surface area contributed by atoms with Gasteiger partial charge in [-0.15, -0.1) is 6.42 Å². The molecule has 0 radical (unpaired) electrons. The second-order valence-corrected chi connectivity index (χ2v) is 4.14. The van der Waals surface area contributed by atoms with E-state index in [-0.39, 0.29) is 18.4 Å². The molecule has 2 amide bonds. The van der Waals surface area contributed by atoms with E-state index in [0.717, 1.165) is 0 Å². The van der Waals surface area contributed by atoms with Gasteiger partial charge in [-0.25, -0.2) is 0 Å². The van der Waals surface area contributed by atoms with Crippen molar-refractivity contribution in [3.8, 4) is 12.3 Å². The fourth-order valence-corrected chi connectivity index (χ4v) is 1.57. The van der Waals surface area contributed by atoms with Crippen molar-refractivity contribution in [2.24, 2.45) is 0 Å². The van der Waals surface area contributed by atoms with E-state index in [9.17, 15) is 9.59 Å². The number of anilines is 2. The highest BCUT2D eigenvalue weighted by Crippen LogP contribution is 2.25. The van der Waals surface area contributed by atoms with Crippen LogP contribution in [0.4, 0.5) is 11.4 Å². The lowest BCUT2D eigenvalue weighted by molar-refractivity contribution is -0.115.